The maximum Gasteiger partial charge on any atom is 0.132 e. The van der Waals surface area contributed by atoms with E-state index in [-0.39, 0.29) is 6.10 Å². The van der Waals surface area contributed by atoms with E-state index in [1.54, 1.807) is 6.26 Å². The molecule has 4 atom stereocenters. The molecule has 0 radical (unpaired) electrons. The van der Waals surface area contributed by atoms with Gasteiger partial charge in [-0.2, -0.15) is 0 Å². The van der Waals surface area contributed by atoms with Crippen LogP contribution in [0.5, 0.6) is 0 Å². The molecule has 2 aliphatic carbocycles. The molecule has 17 heavy (non-hydrogen) atoms. The molecule has 0 bridgehead atoms. The smallest absolute Gasteiger partial charge is 0.132 e. The Balaban J connectivity index is 1.65. The SMILES string of the molecule is OC(c1ccco1)C1CCC2CCCCC2C1. The van der Waals surface area contributed by atoms with E-state index in [9.17, 15) is 5.11 Å². The standard InChI is InChI=1S/C15H22O2/c16-15(14-6-3-9-17-14)13-8-7-11-4-1-2-5-12(11)10-13/h3,6,9,11-13,15-16H,1-2,4-5,7-8,10H2. The van der Waals surface area contributed by atoms with Gasteiger partial charge in [0, 0.05) is 0 Å². The van der Waals surface area contributed by atoms with Crippen molar-refractivity contribution < 1.29 is 9.52 Å². The lowest BCUT2D eigenvalue weighted by atomic mass is 9.66. The normalized spacial score (nSPS) is 35.2. The van der Waals surface area contributed by atoms with Crippen LogP contribution in [-0.2, 0) is 0 Å². The van der Waals surface area contributed by atoms with E-state index >= 15 is 0 Å². The Morgan fingerprint density at radius 2 is 1.94 bits per heavy atom. The first-order valence-electron chi connectivity index (χ1n) is 7.06. The van der Waals surface area contributed by atoms with Gasteiger partial charge in [-0.1, -0.05) is 25.7 Å². The molecule has 1 N–H and O–H groups in total. The third kappa shape index (κ3) is 2.28. The molecule has 4 unspecified atom stereocenters. The summed E-state index contributed by atoms with van der Waals surface area (Å²) in [6, 6.07) is 3.77. The molecule has 1 heterocycles. The van der Waals surface area contributed by atoms with Crippen LogP contribution in [0.15, 0.2) is 22.8 Å². The molecule has 2 fully saturated rings. The number of hydrogen-bond acceptors (Lipinski definition) is 2. The Hall–Kier alpha value is -0.760. The third-order valence-electron chi connectivity index (χ3n) is 4.86. The molecule has 0 aromatic carbocycles. The molecule has 2 nitrogen and oxygen atoms in total. The number of aliphatic hydroxyl groups is 1. The lowest BCUT2D eigenvalue weighted by molar-refractivity contribution is 0.0229. The minimum atomic E-state index is -0.382. The van der Waals surface area contributed by atoms with E-state index in [1.807, 2.05) is 12.1 Å². The van der Waals surface area contributed by atoms with Crippen LogP contribution in [-0.4, -0.2) is 5.11 Å². The van der Waals surface area contributed by atoms with Crippen molar-refractivity contribution in [3.05, 3.63) is 24.2 Å². The Bertz CT molecular complexity index is 344. The largest absolute Gasteiger partial charge is 0.467 e. The molecular weight excluding hydrogens is 212 g/mol. The molecule has 2 saturated carbocycles. The monoisotopic (exact) mass is 234 g/mol. The van der Waals surface area contributed by atoms with E-state index < -0.39 is 0 Å². The second kappa shape index (κ2) is 4.85. The summed E-state index contributed by atoms with van der Waals surface area (Å²) in [6.07, 6.45) is 10.6. The summed E-state index contributed by atoms with van der Waals surface area (Å²) in [7, 11) is 0. The van der Waals surface area contributed by atoms with Gasteiger partial charge >= 0.3 is 0 Å². The van der Waals surface area contributed by atoms with Crippen molar-refractivity contribution in [1.82, 2.24) is 0 Å². The Morgan fingerprint density at radius 3 is 2.71 bits per heavy atom. The van der Waals surface area contributed by atoms with Gasteiger partial charge in [-0.3, -0.25) is 0 Å². The van der Waals surface area contributed by atoms with Gasteiger partial charge in [0.15, 0.2) is 0 Å². The van der Waals surface area contributed by atoms with E-state index in [2.05, 4.69) is 0 Å². The number of aliphatic hydroxyl groups excluding tert-OH is 1. The van der Waals surface area contributed by atoms with Gasteiger partial charge in [0.1, 0.15) is 11.9 Å². The maximum atomic E-state index is 10.3. The first-order chi connectivity index (χ1) is 8.34. The quantitative estimate of drug-likeness (QED) is 0.841. The van der Waals surface area contributed by atoms with Gasteiger partial charge in [0.25, 0.3) is 0 Å². The van der Waals surface area contributed by atoms with Gasteiger partial charge in [0.2, 0.25) is 0 Å². The van der Waals surface area contributed by atoms with E-state index in [0.717, 1.165) is 17.6 Å². The number of hydrogen-bond donors (Lipinski definition) is 1. The topological polar surface area (TPSA) is 33.4 Å². The minimum Gasteiger partial charge on any atom is -0.467 e. The van der Waals surface area contributed by atoms with Crippen LogP contribution < -0.4 is 0 Å². The molecule has 0 amide bonds. The zero-order chi connectivity index (χ0) is 11.7. The van der Waals surface area contributed by atoms with E-state index in [0.29, 0.717) is 5.92 Å². The first-order valence-corrected chi connectivity index (χ1v) is 7.06. The first kappa shape index (κ1) is 11.3. The average molecular weight is 234 g/mol. The summed E-state index contributed by atoms with van der Waals surface area (Å²) in [6.45, 7) is 0. The van der Waals surface area contributed by atoms with Crippen LogP contribution in [0.25, 0.3) is 0 Å². The Kier molecular flexibility index (Phi) is 3.24. The lowest BCUT2D eigenvalue weighted by Crippen LogP contribution is -2.30. The lowest BCUT2D eigenvalue weighted by Gasteiger charge is -2.40. The number of fused-ring (bicyclic) bond motifs is 1. The highest BCUT2D eigenvalue weighted by atomic mass is 16.4. The second-order valence-electron chi connectivity index (χ2n) is 5.84. The fraction of sp³-hybridized carbons (Fsp3) is 0.733. The van der Waals surface area contributed by atoms with Crippen molar-refractivity contribution in [2.24, 2.45) is 17.8 Å². The number of rotatable bonds is 2. The molecule has 2 heteroatoms. The number of furan rings is 1. The van der Waals surface area contributed by atoms with E-state index in [1.165, 1.54) is 44.9 Å². The van der Waals surface area contributed by atoms with Gasteiger partial charge in [-0.25, -0.2) is 0 Å². The fourth-order valence-electron chi connectivity index (χ4n) is 3.89. The molecular formula is C15H22O2. The van der Waals surface area contributed by atoms with Crippen molar-refractivity contribution in [2.45, 2.75) is 51.0 Å². The maximum absolute atomic E-state index is 10.3. The van der Waals surface area contributed by atoms with Crippen LogP contribution in [0.2, 0.25) is 0 Å². The molecule has 1 aromatic rings. The van der Waals surface area contributed by atoms with Gasteiger partial charge in [-0.05, 0) is 49.1 Å². The van der Waals surface area contributed by atoms with Crippen LogP contribution in [0.4, 0.5) is 0 Å². The molecule has 0 aliphatic heterocycles. The van der Waals surface area contributed by atoms with Crippen molar-refractivity contribution in [1.29, 1.82) is 0 Å². The molecule has 2 aliphatic rings. The van der Waals surface area contributed by atoms with Crippen LogP contribution in [0, 0.1) is 17.8 Å². The summed E-state index contributed by atoms with van der Waals surface area (Å²) in [5.41, 5.74) is 0. The fourth-order valence-corrected chi connectivity index (χ4v) is 3.89. The zero-order valence-corrected chi connectivity index (χ0v) is 10.3. The summed E-state index contributed by atoms with van der Waals surface area (Å²) < 4.78 is 5.33. The van der Waals surface area contributed by atoms with Gasteiger partial charge < -0.3 is 9.52 Å². The Morgan fingerprint density at radius 1 is 1.12 bits per heavy atom. The highest BCUT2D eigenvalue weighted by Gasteiger charge is 2.35. The summed E-state index contributed by atoms with van der Waals surface area (Å²) >= 11 is 0. The third-order valence-corrected chi connectivity index (χ3v) is 4.86. The summed E-state index contributed by atoms with van der Waals surface area (Å²) in [5.74, 6) is 2.99. The summed E-state index contributed by atoms with van der Waals surface area (Å²) in [5, 5.41) is 10.3. The summed E-state index contributed by atoms with van der Waals surface area (Å²) in [4.78, 5) is 0. The van der Waals surface area contributed by atoms with Crippen molar-refractivity contribution in [3.8, 4) is 0 Å². The molecule has 0 saturated heterocycles. The van der Waals surface area contributed by atoms with Gasteiger partial charge in [0.05, 0.1) is 6.26 Å². The molecule has 0 spiro atoms. The van der Waals surface area contributed by atoms with Gasteiger partial charge in [-0.15, -0.1) is 0 Å². The highest BCUT2D eigenvalue weighted by Crippen LogP contribution is 2.46. The van der Waals surface area contributed by atoms with Crippen molar-refractivity contribution >= 4 is 0 Å². The van der Waals surface area contributed by atoms with Crippen LogP contribution >= 0.6 is 0 Å². The zero-order valence-electron chi connectivity index (χ0n) is 10.3. The minimum absolute atomic E-state index is 0.382. The van der Waals surface area contributed by atoms with Crippen LogP contribution in [0.1, 0.15) is 56.8 Å². The predicted octanol–water partition coefficient (Wildman–Crippen LogP) is 3.92. The van der Waals surface area contributed by atoms with Crippen molar-refractivity contribution in [2.75, 3.05) is 0 Å². The Labute approximate surface area is 103 Å². The molecule has 94 valence electrons. The van der Waals surface area contributed by atoms with Crippen molar-refractivity contribution in [3.63, 3.8) is 0 Å². The van der Waals surface area contributed by atoms with Crippen LogP contribution in [0.3, 0.4) is 0 Å². The second-order valence-corrected chi connectivity index (χ2v) is 5.84. The predicted molar refractivity (Wildman–Crippen MR) is 66.5 cm³/mol. The average Bonchev–Trinajstić information content (AvgIpc) is 2.91. The molecule has 3 rings (SSSR count). The highest BCUT2D eigenvalue weighted by molar-refractivity contribution is 5.04. The van der Waals surface area contributed by atoms with E-state index in [4.69, 9.17) is 4.42 Å². The molecule has 1 aromatic heterocycles.